The molecule has 0 atom stereocenters. The molecule has 0 aliphatic heterocycles. The van der Waals surface area contributed by atoms with Gasteiger partial charge in [-0.1, -0.05) is 11.6 Å². The predicted octanol–water partition coefficient (Wildman–Crippen LogP) is 1.54. The average molecular weight is 262 g/mol. The highest BCUT2D eigenvalue weighted by Gasteiger charge is 2.11. The number of benzene rings is 1. The fourth-order valence-corrected chi connectivity index (χ4v) is 2.00. The Morgan fingerprint density at radius 3 is 2.50 bits per heavy atom. The predicted molar refractivity (Wildman–Crippen MR) is 64.5 cm³/mol. The Kier molecular flexibility index (Phi) is 3.93. The molecule has 1 rings (SSSR count). The van der Waals surface area contributed by atoms with Gasteiger partial charge in [-0.05, 0) is 18.2 Å². The standard InChI is InChI=1S/C10H12ClNO3S/c1-16(14,15)3-2-10(13)7-4-8(11)6-9(12)5-7/h4-6H,2-3,12H2,1H3. The second-order valence-electron chi connectivity index (χ2n) is 3.58. The van der Waals surface area contributed by atoms with Gasteiger partial charge in [-0.15, -0.1) is 0 Å². The first kappa shape index (κ1) is 13.0. The van der Waals surface area contributed by atoms with Crippen LogP contribution >= 0.6 is 11.6 Å². The van der Waals surface area contributed by atoms with Crippen molar-refractivity contribution in [1.29, 1.82) is 0 Å². The van der Waals surface area contributed by atoms with Gasteiger partial charge < -0.3 is 5.73 Å². The number of anilines is 1. The van der Waals surface area contributed by atoms with Crippen LogP contribution in [0.4, 0.5) is 5.69 Å². The number of halogens is 1. The quantitative estimate of drug-likeness (QED) is 0.659. The average Bonchev–Trinajstić information content (AvgIpc) is 2.11. The van der Waals surface area contributed by atoms with Crippen molar-refractivity contribution in [1.82, 2.24) is 0 Å². The zero-order valence-corrected chi connectivity index (χ0v) is 10.3. The van der Waals surface area contributed by atoms with Gasteiger partial charge in [-0.3, -0.25) is 4.79 Å². The van der Waals surface area contributed by atoms with Gasteiger partial charge in [0.05, 0.1) is 5.75 Å². The highest BCUT2D eigenvalue weighted by atomic mass is 35.5. The molecule has 0 amide bonds. The summed E-state index contributed by atoms with van der Waals surface area (Å²) in [7, 11) is -3.13. The van der Waals surface area contributed by atoms with Crippen molar-refractivity contribution in [3.8, 4) is 0 Å². The molecule has 0 aliphatic rings. The summed E-state index contributed by atoms with van der Waals surface area (Å²) in [5.74, 6) is -0.447. The molecule has 0 heterocycles. The zero-order valence-electron chi connectivity index (χ0n) is 8.73. The lowest BCUT2D eigenvalue weighted by Gasteiger charge is -2.02. The number of nitrogens with two attached hydrogens (primary N) is 1. The second kappa shape index (κ2) is 4.84. The summed E-state index contributed by atoms with van der Waals surface area (Å²) < 4.78 is 21.8. The molecular formula is C10H12ClNO3S. The van der Waals surface area contributed by atoms with E-state index in [1.54, 1.807) is 0 Å². The van der Waals surface area contributed by atoms with Gasteiger partial charge >= 0.3 is 0 Å². The number of carbonyl (C=O) groups is 1. The molecule has 0 aromatic heterocycles. The molecule has 0 spiro atoms. The fourth-order valence-electron chi connectivity index (χ4n) is 1.20. The van der Waals surface area contributed by atoms with Gasteiger partial charge in [0.2, 0.25) is 0 Å². The fraction of sp³-hybridized carbons (Fsp3) is 0.300. The van der Waals surface area contributed by atoms with Crippen LogP contribution in [0.2, 0.25) is 5.02 Å². The number of ketones is 1. The van der Waals surface area contributed by atoms with Crippen LogP contribution in [0.5, 0.6) is 0 Å². The highest BCUT2D eigenvalue weighted by molar-refractivity contribution is 7.90. The summed E-state index contributed by atoms with van der Waals surface area (Å²) in [5, 5.41) is 0.364. The second-order valence-corrected chi connectivity index (χ2v) is 6.27. The molecule has 1 aromatic carbocycles. The number of rotatable bonds is 4. The summed E-state index contributed by atoms with van der Waals surface area (Å²) in [5.41, 5.74) is 6.25. The van der Waals surface area contributed by atoms with E-state index in [9.17, 15) is 13.2 Å². The summed E-state index contributed by atoms with van der Waals surface area (Å²) >= 11 is 5.73. The Hall–Kier alpha value is -1.07. The van der Waals surface area contributed by atoms with Crippen LogP contribution in [0, 0.1) is 0 Å². The minimum Gasteiger partial charge on any atom is -0.399 e. The lowest BCUT2D eigenvalue weighted by atomic mass is 10.1. The third kappa shape index (κ3) is 4.20. The molecule has 0 aliphatic carbocycles. The van der Waals surface area contributed by atoms with E-state index in [1.807, 2.05) is 0 Å². The van der Waals surface area contributed by atoms with E-state index in [1.165, 1.54) is 18.2 Å². The Bertz CT molecular complexity index is 491. The maximum atomic E-state index is 11.6. The lowest BCUT2D eigenvalue weighted by molar-refractivity contribution is 0.0989. The number of Topliss-reactive ketones (excluding diaryl/α,β-unsaturated/α-hetero) is 1. The lowest BCUT2D eigenvalue weighted by Crippen LogP contribution is -2.09. The van der Waals surface area contributed by atoms with Gasteiger partial charge in [0.15, 0.2) is 5.78 Å². The minimum atomic E-state index is -3.13. The molecule has 0 bridgehead atoms. The number of hydrogen-bond donors (Lipinski definition) is 1. The van der Waals surface area contributed by atoms with Crippen LogP contribution in [0.1, 0.15) is 16.8 Å². The number of carbonyl (C=O) groups excluding carboxylic acids is 1. The van der Waals surface area contributed by atoms with Crippen molar-refractivity contribution >= 4 is 32.9 Å². The first-order valence-corrected chi connectivity index (χ1v) is 6.99. The van der Waals surface area contributed by atoms with Crippen molar-refractivity contribution in [3.05, 3.63) is 28.8 Å². The van der Waals surface area contributed by atoms with Crippen LogP contribution in [-0.2, 0) is 9.84 Å². The molecule has 0 saturated heterocycles. The molecular weight excluding hydrogens is 250 g/mol. The molecule has 0 fully saturated rings. The first-order chi connectivity index (χ1) is 7.28. The molecule has 6 heteroatoms. The molecule has 0 unspecified atom stereocenters. The SMILES string of the molecule is CS(=O)(=O)CCC(=O)c1cc(N)cc(Cl)c1. The van der Waals surface area contributed by atoms with E-state index < -0.39 is 9.84 Å². The third-order valence-electron chi connectivity index (χ3n) is 1.94. The van der Waals surface area contributed by atoms with Gasteiger partial charge in [0, 0.05) is 29.0 Å². The van der Waals surface area contributed by atoms with Crippen LogP contribution in [-0.4, -0.2) is 26.2 Å². The van der Waals surface area contributed by atoms with Crippen molar-refractivity contribution in [2.45, 2.75) is 6.42 Å². The zero-order chi connectivity index (χ0) is 12.3. The molecule has 4 nitrogen and oxygen atoms in total. The molecule has 88 valence electrons. The summed E-state index contributed by atoms with van der Waals surface area (Å²) in [6, 6.07) is 4.48. The van der Waals surface area contributed by atoms with Crippen LogP contribution in [0.25, 0.3) is 0 Å². The molecule has 0 saturated carbocycles. The van der Waals surface area contributed by atoms with Gasteiger partial charge in [-0.25, -0.2) is 8.42 Å². The molecule has 16 heavy (non-hydrogen) atoms. The normalized spacial score (nSPS) is 11.4. The number of sulfone groups is 1. The Morgan fingerprint density at radius 2 is 2.00 bits per heavy atom. The maximum absolute atomic E-state index is 11.6. The largest absolute Gasteiger partial charge is 0.399 e. The van der Waals surface area contributed by atoms with E-state index >= 15 is 0 Å². The van der Waals surface area contributed by atoms with E-state index in [0.29, 0.717) is 16.3 Å². The minimum absolute atomic E-state index is 0.0569. The van der Waals surface area contributed by atoms with Gasteiger partial charge in [0.1, 0.15) is 9.84 Å². The van der Waals surface area contributed by atoms with Crippen LogP contribution < -0.4 is 5.73 Å². The van der Waals surface area contributed by atoms with Crippen molar-refractivity contribution in [2.24, 2.45) is 0 Å². The van der Waals surface area contributed by atoms with E-state index in [0.717, 1.165) is 6.26 Å². The molecule has 0 radical (unpaired) electrons. The first-order valence-electron chi connectivity index (χ1n) is 4.55. The Morgan fingerprint density at radius 1 is 1.38 bits per heavy atom. The Balaban J connectivity index is 2.81. The maximum Gasteiger partial charge on any atom is 0.164 e. The van der Waals surface area contributed by atoms with Gasteiger partial charge in [-0.2, -0.15) is 0 Å². The van der Waals surface area contributed by atoms with Crippen molar-refractivity contribution in [3.63, 3.8) is 0 Å². The number of hydrogen-bond acceptors (Lipinski definition) is 4. The number of nitrogen functional groups attached to an aromatic ring is 1. The van der Waals surface area contributed by atoms with Gasteiger partial charge in [0.25, 0.3) is 0 Å². The summed E-state index contributed by atoms with van der Waals surface area (Å²) in [6.07, 6.45) is 1.03. The van der Waals surface area contributed by atoms with Crippen LogP contribution in [0.15, 0.2) is 18.2 Å². The molecule has 1 aromatic rings. The topological polar surface area (TPSA) is 77.2 Å². The third-order valence-corrected chi connectivity index (χ3v) is 3.11. The van der Waals surface area contributed by atoms with Crippen LogP contribution in [0.3, 0.4) is 0 Å². The van der Waals surface area contributed by atoms with E-state index in [-0.39, 0.29) is 18.0 Å². The summed E-state index contributed by atoms with van der Waals surface area (Å²) in [6.45, 7) is 0. The summed E-state index contributed by atoms with van der Waals surface area (Å²) in [4.78, 5) is 11.6. The smallest absolute Gasteiger partial charge is 0.164 e. The van der Waals surface area contributed by atoms with E-state index in [4.69, 9.17) is 17.3 Å². The monoisotopic (exact) mass is 261 g/mol. The Labute approximate surface area is 99.3 Å². The van der Waals surface area contributed by atoms with Crippen molar-refractivity contribution in [2.75, 3.05) is 17.7 Å². The van der Waals surface area contributed by atoms with Crippen molar-refractivity contribution < 1.29 is 13.2 Å². The highest BCUT2D eigenvalue weighted by Crippen LogP contribution is 2.17. The van der Waals surface area contributed by atoms with E-state index in [2.05, 4.69) is 0 Å². The molecule has 2 N–H and O–H groups in total.